The molecule has 1 amide bonds. The van der Waals surface area contributed by atoms with Crippen LogP contribution in [0, 0.1) is 0 Å². The highest BCUT2D eigenvalue weighted by molar-refractivity contribution is 6.48. The predicted octanol–water partition coefficient (Wildman–Crippen LogP) is 8.52. The second-order valence-electron chi connectivity index (χ2n) is 7.40. The number of allylic oxidation sites excluding steroid dienone is 1. The first-order valence-electron chi connectivity index (χ1n) is 9.92. The number of rotatable bonds is 6. The van der Waals surface area contributed by atoms with Gasteiger partial charge in [-0.3, -0.25) is 20.6 Å². The number of hydrogen-bond donors (Lipinski definition) is 2. The molecule has 3 rings (SSSR count). The predicted molar refractivity (Wildman–Crippen MR) is 129 cm³/mol. The summed E-state index contributed by atoms with van der Waals surface area (Å²) in [5.41, 5.74) is 0.109. The molecule has 0 bridgehead atoms. The number of nitrogens with zero attached hydrogens (tertiary/aromatic N) is 2. The fourth-order valence-electron chi connectivity index (χ4n) is 3.09. The first-order chi connectivity index (χ1) is 17.6. The zero-order chi connectivity index (χ0) is 28.4. The molecular weight excluding hydrogens is 611 g/mol. The van der Waals surface area contributed by atoms with Crippen molar-refractivity contribution in [2.24, 2.45) is 0 Å². The van der Waals surface area contributed by atoms with E-state index < -0.39 is 52.3 Å². The van der Waals surface area contributed by atoms with Crippen LogP contribution in [0.25, 0.3) is 5.83 Å². The van der Waals surface area contributed by atoms with Crippen LogP contribution in [0.1, 0.15) is 33.0 Å². The van der Waals surface area contributed by atoms with Gasteiger partial charge >= 0.3 is 12.4 Å². The molecule has 1 heterocycles. The number of carbonyl (C=O) groups excluding carboxylic acids is 1. The molecule has 38 heavy (non-hydrogen) atoms. The summed E-state index contributed by atoms with van der Waals surface area (Å²) in [5, 5.41) is -0.996. The van der Waals surface area contributed by atoms with Crippen molar-refractivity contribution < 1.29 is 35.5 Å². The van der Waals surface area contributed by atoms with Crippen molar-refractivity contribution in [2.45, 2.75) is 18.3 Å². The molecule has 2 N–H and O–H groups in total. The Labute approximate surface area is 229 Å². The molecule has 0 spiro atoms. The van der Waals surface area contributed by atoms with E-state index in [9.17, 15) is 35.5 Å². The Morgan fingerprint density at radius 3 is 2.13 bits per heavy atom. The van der Waals surface area contributed by atoms with Crippen LogP contribution in [-0.2, 0) is 6.18 Å². The van der Waals surface area contributed by atoms with Crippen molar-refractivity contribution in [3.8, 4) is 0 Å². The fourth-order valence-corrected chi connectivity index (χ4v) is 3.85. The first kappa shape index (κ1) is 29.8. The van der Waals surface area contributed by atoms with Gasteiger partial charge in [0.1, 0.15) is 16.9 Å². The van der Waals surface area contributed by atoms with Crippen molar-refractivity contribution in [3.05, 3.63) is 91.3 Å². The van der Waals surface area contributed by atoms with Gasteiger partial charge in [0.25, 0.3) is 5.91 Å². The van der Waals surface area contributed by atoms with Crippen LogP contribution in [0.5, 0.6) is 0 Å². The minimum atomic E-state index is -5.18. The summed E-state index contributed by atoms with van der Waals surface area (Å²) in [4.78, 5) is 19.8. The monoisotopic (exact) mass is 620 g/mol. The maximum atomic E-state index is 15.0. The number of alkyl halides is 6. The van der Waals surface area contributed by atoms with E-state index in [1.54, 1.807) is 0 Å². The van der Waals surface area contributed by atoms with Crippen molar-refractivity contribution in [1.29, 1.82) is 0 Å². The molecule has 1 aromatic heterocycles. The second kappa shape index (κ2) is 11.5. The zero-order valence-electron chi connectivity index (χ0n) is 18.2. The molecule has 1 unspecified atom stereocenters. The van der Waals surface area contributed by atoms with Crippen LogP contribution in [0.15, 0.2) is 48.8 Å². The average Bonchev–Trinajstić information content (AvgIpc) is 2.82. The quantitative estimate of drug-likeness (QED) is 0.164. The van der Waals surface area contributed by atoms with Crippen molar-refractivity contribution in [1.82, 2.24) is 15.4 Å². The molecular formula is C22H11Cl4F7N4O. The van der Waals surface area contributed by atoms with E-state index in [4.69, 9.17) is 46.4 Å². The Kier molecular flexibility index (Phi) is 9.02. The number of nitrogens with one attached hydrogen (secondary N) is 2. The van der Waals surface area contributed by atoms with E-state index >= 15 is 0 Å². The van der Waals surface area contributed by atoms with Gasteiger partial charge in [-0.2, -0.15) is 26.3 Å². The Bertz CT molecular complexity index is 1370. The summed E-state index contributed by atoms with van der Waals surface area (Å²) >= 11 is 22.9. The molecule has 16 heteroatoms. The van der Waals surface area contributed by atoms with Gasteiger partial charge in [0.15, 0.2) is 5.82 Å². The van der Waals surface area contributed by atoms with Gasteiger partial charge in [-0.1, -0.05) is 52.5 Å². The minimum Gasteiger partial charge on any atom is -0.280 e. The minimum absolute atomic E-state index is 0.0600. The first-order valence-corrected chi connectivity index (χ1v) is 11.4. The molecule has 0 saturated heterocycles. The third-order valence-electron chi connectivity index (χ3n) is 4.79. The number of hydrazine groups is 1. The highest BCUT2D eigenvalue weighted by atomic mass is 35.5. The van der Waals surface area contributed by atoms with Crippen molar-refractivity contribution in [2.75, 3.05) is 5.43 Å². The Hall–Kier alpha value is -2.80. The molecule has 0 saturated carbocycles. The van der Waals surface area contributed by atoms with Gasteiger partial charge in [-0.05, 0) is 35.9 Å². The molecule has 2 aromatic carbocycles. The lowest BCUT2D eigenvalue weighted by Crippen LogP contribution is -2.31. The van der Waals surface area contributed by atoms with Crippen LogP contribution in [0.3, 0.4) is 0 Å². The zero-order valence-corrected chi connectivity index (χ0v) is 21.2. The molecule has 0 aliphatic rings. The summed E-state index contributed by atoms with van der Waals surface area (Å²) in [6, 6.07) is 3.14. The summed E-state index contributed by atoms with van der Waals surface area (Å²) in [5.74, 6) is -5.71. The number of halogens is 11. The van der Waals surface area contributed by atoms with Crippen LogP contribution in [0.4, 0.5) is 36.6 Å². The lowest BCUT2D eigenvalue weighted by Gasteiger charge is -2.19. The van der Waals surface area contributed by atoms with E-state index in [1.165, 1.54) is 0 Å². The lowest BCUT2D eigenvalue weighted by atomic mass is 9.95. The van der Waals surface area contributed by atoms with Crippen LogP contribution < -0.4 is 10.9 Å². The number of anilines is 1. The topological polar surface area (TPSA) is 66.9 Å². The highest BCUT2D eigenvalue weighted by Gasteiger charge is 2.41. The van der Waals surface area contributed by atoms with Gasteiger partial charge in [0.05, 0.1) is 38.6 Å². The van der Waals surface area contributed by atoms with E-state index in [0.717, 1.165) is 24.5 Å². The molecule has 0 fully saturated rings. The Morgan fingerprint density at radius 1 is 0.947 bits per heavy atom. The summed E-state index contributed by atoms with van der Waals surface area (Å²) in [7, 11) is 0. The van der Waals surface area contributed by atoms with E-state index in [-0.39, 0.29) is 38.2 Å². The molecule has 1 atom stereocenters. The van der Waals surface area contributed by atoms with Crippen molar-refractivity contribution >= 4 is 64.0 Å². The SMILES string of the molecule is O=C(NNc1cncc(Cl)n1)c1ccc(/C(F)=C/C(c2cc(Cl)c(Cl)c(Cl)c2)C(F)(F)F)cc1C(F)(F)F. The fraction of sp³-hybridized carbons (Fsp3) is 0.136. The maximum Gasteiger partial charge on any atom is 0.417 e. The molecule has 0 aliphatic carbocycles. The van der Waals surface area contributed by atoms with Gasteiger partial charge in [-0.15, -0.1) is 0 Å². The van der Waals surface area contributed by atoms with Crippen LogP contribution in [0.2, 0.25) is 20.2 Å². The van der Waals surface area contributed by atoms with E-state index in [1.807, 2.05) is 5.43 Å². The number of amides is 1. The molecule has 0 radical (unpaired) electrons. The number of benzene rings is 2. The lowest BCUT2D eigenvalue weighted by molar-refractivity contribution is -0.140. The Balaban J connectivity index is 1.98. The maximum absolute atomic E-state index is 15.0. The Morgan fingerprint density at radius 2 is 1.58 bits per heavy atom. The molecule has 3 aromatic rings. The molecule has 0 aliphatic heterocycles. The third-order valence-corrected chi connectivity index (χ3v) is 6.16. The average molecular weight is 622 g/mol. The van der Waals surface area contributed by atoms with Gasteiger partial charge in [0, 0.05) is 5.56 Å². The standard InChI is InChI=1S/C22H11Cl4F7N4O/c23-14-4-10(5-15(24)19(14)26)12(21(28,29)30)6-16(27)9-1-2-11(13(3-9)22(31,32)33)20(38)37-36-18-8-34-7-17(25)35-18/h1-8,12H,(H,35,36)(H,37,38)/b16-6-. The largest absolute Gasteiger partial charge is 0.417 e. The van der Waals surface area contributed by atoms with Crippen LogP contribution >= 0.6 is 46.4 Å². The second-order valence-corrected chi connectivity index (χ2v) is 8.98. The normalized spacial score (nSPS) is 13.3. The van der Waals surface area contributed by atoms with Crippen molar-refractivity contribution in [3.63, 3.8) is 0 Å². The molecule has 5 nitrogen and oxygen atoms in total. The van der Waals surface area contributed by atoms with Gasteiger partial charge in [-0.25, -0.2) is 9.37 Å². The third kappa shape index (κ3) is 7.19. The summed E-state index contributed by atoms with van der Waals surface area (Å²) in [6.07, 6.45) is -7.93. The number of aromatic nitrogens is 2. The van der Waals surface area contributed by atoms with Crippen LogP contribution in [-0.4, -0.2) is 22.1 Å². The summed E-state index contributed by atoms with van der Waals surface area (Å²) < 4.78 is 97.3. The number of carbonyl (C=O) groups is 1. The van der Waals surface area contributed by atoms with Gasteiger partial charge in [0.2, 0.25) is 0 Å². The highest BCUT2D eigenvalue weighted by Crippen LogP contribution is 2.42. The summed E-state index contributed by atoms with van der Waals surface area (Å²) in [6.45, 7) is 0. The smallest absolute Gasteiger partial charge is 0.280 e. The number of hydrogen-bond acceptors (Lipinski definition) is 4. The molecule has 202 valence electrons. The van der Waals surface area contributed by atoms with E-state index in [2.05, 4.69) is 15.4 Å². The van der Waals surface area contributed by atoms with E-state index in [0.29, 0.717) is 12.1 Å². The van der Waals surface area contributed by atoms with Gasteiger partial charge < -0.3 is 0 Å².